The van der Waals surface area contributed by atoms with Gasteiger partial charge in [-0.3, -0.25) is 4.79 Å². The Kier molecular flexibility index (Phi) is 5.50. The summed E-state index contributed by atoms with van der Waals surface area (Å²) in [4.78, 5) is 14.2. The van der Waals surface area contributed by atoms with Crippen molar-refractivity contribution in [1.29, 1.82) is 0 Å². The highest BCUT2D eigenvalue weighted by molar-refractivity contribution is 5.80. The van der Waals surface area contributed by atoms with E-state index < -0.39 is 6.61 Å². The number of nitrogens with zero attached hydrogens (tertiary/aromatic N) is 1. The lowest BCUT2D eigenvalue weighted by Crippen LogP contribution is -2.41. The van der Waals surface area contributed by atoms with Gasteiger partial charge in [0.1, 0.15) is 5.75 Å². The summed E-state index contributed by atoms with van der Waals surface area (Å²) in [5.74, 6) is 0.0308. The van der Waals surface area contributed by atoms with Gasteiger partial charge in [0.25, 0.3) is 0 Å². The molecule has 1 fully saturated rings. The lowest BCUT2D eigenvalue weighted by Gasteiger charge is -2.25. The number of hydrogen-bond acceptors (Lipinski definition) is 3. The maximum atomic E-state index is 12.4. The fourth-order valence-electron chi connectivity index (χ4n) is 2.74. The summed E-state index contributed by atoms with van der Waals surface area (Å²) in [6, 6.07) is 6.63. The molecule has 1 amide bonds. The largest absolute Gasteiger partial charge is 0.435 e. The van der Waals surface area contributed by atoms with Crippen molar-refractivity contribution in [3.63, 3.8) is 0 Å². The highest BCUT2D eigenvalue weighted by atomic mass is 19.3. The van der Waals surface area contributed by atoms with Crippen LogP contribution in [0.2, 0.25) is 0 Å². The minimum absolute atomic E-state index is 0.0435. The van der Waals surface area contributed by atoms with E-state index >= 15 is 0 Å². The number of amides is 1. The van der Waals surface area contributed by atoms with Crippen LogP contribution in [0.4, 0.5) is 8.78 Å². The molecular weight excluding hydrogens is 278 g/mol. The first-order valence-electron chi connectivity index (χ1n) is 7.08. The van der Waals surface area contributed by atoms with Crippen LogP contribution in [0.5, 0.6) is 5.75 Å². The number of nitrogens with one attached hydrogen (secondary N) is 1. The molecule has 0 saturated carbocycles. The first-order chi connectivity index (χ1) is 10.1. The van der Waals surface area contributed by atoms with Crippen molar-refractivity contribution < 1.29 is 18.3 Å². The summed E-state index contributed by atoms with van der Waals surface area (Å²) >= 11 is 0. The predicted octanol–water partition coefficient (Wildman–Crippen LogP) is 2.04. The summed E-state index contributed by atoms with van der Waals surface area (Å²) < 4.78 is 29.2. The lowest BCUT2D eigenvalue weighted by molar-refractivity contribution is -0.131. The Morgan fingerprint density at radius 1 is 1.48 bits per heavy atom. The molecule has 0 spiro atoms. The highest BCUT2D eigenvalue weighted by Crippen LogP contribution is 2.23. The van der Waals surface area contributed by atoms with Crippen molar-refractivity contribution in [2.75, 3.05) is 20.1 Å². The van der Waals surface area contributed by atoms with E-state index in [1.54, 1.807) is 18.2 Å². The molecule has 1 unspecified atom stereocenters. The molecule has 1 aromatic carbocycles. The van der Waals surface area contributed by atoms with E-state index in [2.05, 4.69) is 10.1 Å². The van der Waals surface area contributed by atoms with E-state index in [1.165, 1.54) is 6.07 Å². The van der Waals surface area contributed by atoms with Gasteiger partial charge in [0.05, 0.1) is 6.42 Å². The van der Waals surface area contributed by atoms with Crippen molar-refractivity contribution in [3.8, 4) is 5.75 Å². The highest BCUT2D eigenvalue weighted by Gasteiger charge is 2.28. The molecular formula is C15H20F2N2O2. The molecule has 6 heteroatoms. The number of para-hydroxylation sites is 1. The Morgan fingerprint density at radius 3 is 2.95 bits per heavy atom. The van der Waals surface area contributed by atoms with Gasteiger partial charge in [0.15, 0.2) is 0 Å². The molecule has 2 rings (SSSR count). The maximum absolute atomic E-state index is 12.4. The molecule has 116 valence electrons. The zero-order valence-electron chi connectivity index (χ0n) is 12.0. The second-order valence-electron chi connectivity index (χ2n) is 5.10. The Balaban J connectivity index is 2.05. The fraction of sp³-hybridized carbons (Fsp3) is 0.533. The number of alkyl halides is 2. The van der Waals surface area contributed by atoms with E-state index in [0.717, 1.165) is 25.9 Å². The third-order valence-electron chi connectivity index (χ3n) is 3.67. The molecule has 1 heterocycles. The van der Waals surface area contributed by atoms with Crippen LogP contribution in [0, 0.1) is 0 Å². The summed E-state index contributed by atoms with van der Waals surface area (Å²) in [7, 11) is 1.85. The van der Waals surface area contributed by atoms with E-state index in [9.17, 15) is 13.6 Å². The smallest absolute Gasteiger partial charge is 0.387 e. The predicted molar refractivity (Wildman–Crippen MR) is 75.4 cm³/mol. The first-order valence-corrected chi connectivity index (χ1v) is 7.08. The number of likely N-dealkylation sites (tertiary alicyclic amines) is 1. The molecule has 1 saturated heterocycles. The topological polar surface area (TPSA) is 41.6 Å². The molecule has 0 bridgehead atoms. The summed E-state index contributed by atoms with van der Waals surface area (Å²) in [5, 5.41) is 3.08. The number of likely N-dealkylation sites (N-methyl/N-ethyl adjacent to an activating group) is 1. The molecule has 0 aromatic heterocycles. The minimum Gasteiger partial charge on any atom is -0.435 e. The number of halogens is 2. The molecule has 1 N–H and O–H groups in total. The fourth-order valence-corrected chi connectivity index (χ4v) is 2.74. The monoisotopic (exact) mass is 298 g/mol. The number of hydrogen-bond donors (Lipinski definition) is 1. The Hall–Kier alpha value is -1.69. The molecule has 4 nitrogen and oxygen atoms in total. The van der Waals surface area contributed by atoms with Gasteiger partial charge in [-0.05, 0) is 26.0 Å². The molecule has 0 aliphatic carbocycles. The molecule has 1 aliphatic heterocycles. The van der Waals surface area contributed by atoms with Crippen LogP contribution < -0.4 is 10.1 Å². The molecule has 1 aromatic rings. The quantitative estimate of drug-likeness (QED) is 0.874. The van der Waals surface area contributed by atoms with Crippen molar-refractivity contribution in [2.45, 2.75) is 31.9 Å². The molecule has 21 heavy (non-hydrogen) atoms. The van der Waals surface area contributed by atoms with Crippen molar-refractivity contribution in [3.05, 3.63) is 29.8 Å². The Morgan fingerprint density at radius 2 is 2.24 bits per heavy atom. The second-order valence-corrected chi connectivity index (χ2v) is 5.10. The van der Waals surface area contributed by atoms with Crippen LogP contribution >= 0.6 is 0 Å². The Bertz CT molecular complexity index is 482. The van der Waals surface area contributed by atoms with E-state index in [1.807, 2.05) is 11.9 Å². The second kappa shape index (κ2) is 7.36. The van der Waals surface area contributed by atoms with Gasteiger partial charge >= 0.3 is 6.61 Å². The van der Waals surface area contributed by atoms with Gasteiger partial charge in [-0.15, -0.1) is 0 Å². The normalized spacial score (nSPS) is 18.3. The standard InChI is InChI=1S/C15H20F2N2O2/c1-18-10-12-6-4-8-19(12)14(20)9-11-5-2-3-7-13(11)21-15(16)17/h2-3,5,7,12,15,18H,4,6,8-10H2,1H3. The summed E-state index contributed by atoms with van der Waals surface area (Å²) in [6.07, 6.45) is 2.04. The first kappa shape index (κ1) is 15.7. The number of ether oxygens (including phenoxy) is 1. The van der Waals surface area contributed by atoms with Gasteiger partial charge < -0.3 is 15.0 Å². The molecule has 1 aliphatic rings. The summed E-state index contributed by atoms with van der Waals surface area (Å²) in [5.41, 5.74) is 0.498. The third-order valence-corrected chi connectivity index (χ3v) is 3.67. The zero-order valence-corrected chi connectivity index (χ0v) is 12.0. The molecule has 0 radical (unpaired) electrons. The average Bonchev–Trinajstić information content (AvgIpc) is 2.89. The van der Waals surface area contributed by atoms with Gasteiger partial charge in [0, 0.05) is 24.7 Å². The van der Waals surface area contributed by atoms with Crippen LogP contribution in [0.1, 0.15) is 18.4 Å². The molecule has 1 atom stereocenters. The van der Waals surface area contributed by atoms with Crippen LogP contribution in [0.3, 0.4) is 0 Å². The van der Waals surface area contributed by atoms with E-state index in [4.69, 9.17) is 0 Å². The minimum atomic E-state index is -2.88. The van der Waals surface area contributed by atoms with Crippen molar-refractivity contribution in [2.24, 2.45) is 0 Å². The SMILES string of the molecule is CNCC1CCCN1C(=O)Cc1ccccc1OC(F)F. The van der Waals surface area contributed by atoms with Crippen LogP contribution in [0.15, 0.2) is 24.3 Å². The number of carbonyl (C=O) groups is 1. The number of benzene rings is 1. The van der Waals surface area contributed by atoms with E-state index in [0.29, 0.717) is 5.56 Å². The Labute approximate surface area is 123 Å². The number of carbonyl (C=O) groups excluding carboxylic acids is 1. The average molecular weight is 298 g/mol. The third kappa shape index (κ3) is 4.14. The van der Waals surface area contributed by atoms with Gasteiger partial charge in [-0.25, -0.2) is 0 Å². The van der Waals surface area contributed by atoms with Crippen molar-refractivity contribution >= 4 is 5.91 Å². The number of rotatable bonds is 6. The van der Waals surface area contributed by atoms with Gasteiger partial charge in [-0.2, -0.15) is 8.78 Å². The lowest BCUT2D eigenvalue weighted by atomic mass is 10.1. The van der Waals surface area contributed by atoms with Crippen molar-refractivity contribution in [1.82, 2.24) is 10.2 Å². The van der Waals surface area contributed by atoms with Crippen LogP contribution in [0.25, 0.3) is 0 Å². The van der Waals surface area contributed by atoms with Gasteiger partial charge in [-0.1, -0.05) is 18.2 Å². The van der Waals surface area contributed by atoms with Gasteiger partial charge in [0.2, 0.25) is 5.91 Å². The van der Waals surface area contributed by atoms with E-state index in [-0.39, 0.29) is 24.1 Å². The van der Waals surface area contributed by atoms with Crippen LogP contribution in [-0.4, -0.2) is 43.6 Å². The van der Waals surface area contributed by atoms with Crippen LogP contribution in [-0.2, 0) is 11.2 Å². The zero-order chi connectivity index (χ0) is 15.2. The maximum Gasteiger partial charge on any atom is 0.387 e. The summed E-state index contributed by atoms with van der Waals surface area (Å²) in [6.45, 7) is -1.41.